The number of hydrogen-bond donors (Lipinski definition) is 1. The van der Waals surface area contributed by atoms with E-state index in [0.29, 0.717) is 23.4 Å². The minimum Gasteiger partial charge on any atom is -0.508 e. The number of allylic oxidation sites excluding steroid dienone is 2. The molecule has 42 heavy (non-hydrogen) atoms. The van der Waals surface area contributed by atoms with Gasteiger partial charge in [-0.2, -0.15) is 0 Å². The highest BCUT2D eigenvalue weighted by atomic mass is 79.9. The number of imide groups is 2. The summed E-state index contributed by atoms with van der Waals surface area (Å²) in [5, 5.41) is 11.1. The van der Waals surface area contributed by atoms with Gasteiger partial charge in [-0.05, 0) is 85.5 Å². The molecule has 10 heteroatoms. The molecular formula is C32H23Br3N2O5. The van der Waals surface area contributed by atoms with Crippen molar-refractivity contribution >= 4 is 82.8 Å². The van der Waals surface area contributed by atoms with Gasteiger partial charge in [0.25, 0.3) is 0 Å². The predicted molar refractivity (Wildman–Crippen MR) is 167 cm³/mol. The zero-order chi connectivity index (χ0) is 29.4. The maximum atomic E-state index is 14.1. The maximum Gasteiger partial charge on any atom is 0.238 e. The average molecular weight is 755 g/mol. The Morgan fingerprint density at radius 2 is 1.14 bits per heavy atom. The monoisotopic (exact) mass is 752 g/mol. The van der Waals surface area contributed by atoms with Gasteiger partial charge in [0.15, 0.2) is 0 Å². The smallest absolute Gasteiger partial charge is 0.238 e. The molecule has 7 rings (SSSR count). The summed E-state index contributed by atoms with van der Waals surface area (Å²) in [6.07, 6.45) is 2.59. The highest BCUT2D eigenvalue weighted by Gasteiger charge is 2.62. The number of anilines is 2. The highest BCUT2D eigenvalue weighted by Crippen LogP contribution is 2.59. The number of benzene rings is 3. The van der Waals surface area contributed by atoms with E-state index in [-0.39, 0.29) is 35.8 Å². The van der Waals surface area contributed by atoms with Crippen molar-refractivity contribution in [2.45, 2.75) is 18.8 Å². The third-order valence-corrected chi connectivity index (χ3v) is 10.7. The molecule has 3 aromatic carbocycles. The fourth-order valence-corrected chi connectivity index (χ4v) is 8.31. The van der Waals surface area contributed by atoms with E-state index in [1.807, 2.05) is 6.08 Å². The minimum atomic E-state index is -0.754. The van der Waals surface area contributed by atoms with Gasteiger partial charge in [0.1, 0.15) is 5.75 Å². The van der Waals surface area contributed by atoms with Crippen molar-refractivity contribution in [3.05, 3.63) is 97.4 Å². The van der Waals surface area contributed by atoms with Crippen LogP contribution in [0.15, 0.2) is 91.8 Å². The van der Waals surface area contributed by atoms with Crippen LogP contribution in [0.5, 0.6) is 5.75 Å². The molecule has 2 aliphatic heterocycles. The Morgan fingerprint density at radius 1 is 0.619 bits per heavy atom. The average Bonchev–Trinajstić information content (AvgIpc) is 3.38. The van der Waals surface area contributed by atoms with Crippen LogP contribution in [0.3, 0.4) is 0 Å². The van der Waals surface area contributed by atoms with Gasteiger partial charge >= 0.3 is 0 Å². The number of hydrogen-bond acceptors (Lipinski definition) is 5. The standard InChI is InChI=1S/C32H23Br3N2O5/c33-15-1-6-18(7-2-15)36-29(39)21-11-10-20-22(27(21)31(36)41)14-24-28(26(20)23-13-17(35)5-12-25(23)38)32(42)37(30(24)40)19-8-3-16(34)4-9-19/h1-10,12-13,21-22,24,26-28,38H,11,14H2/t21-,22+,24+,26+,27-,28+/m0/s1. The van der Waals surface area contributed by atoms with Crippen LogP contribution in [0.25, 0.3) is 0 Å². The van der Waals surface area contributed by atoms with Gasteiger partial charge in [-0.3, -0.25) is 29.0 Å². The van der Waals surface area contributed by atoms with Gasteiger partial charge in [0, 0.05) is 24.9 Å². The van der Waals surface area contributed by atoms with Crippen LogP contribution in [0, 0.1) is 29.6 Å². The molecule has 0 aromatic heterocycles. The number of phenolic OH excluding ortho intramolecular Hbond substituents is 1. The Kier molecular flexibility index (Phi) is 6.79. The topological polar surface area (TPSA) is 95.0 Å². The number of nitrogens with zero attached hydrogens (tertiary/aromatic N) is 2. The summed E-state index contributed by atoms with van der Waals surface area (Å²) in [6, 6.07) is 19.1. The first-order valence-corrected chi connectivity index (χ1v) is 16.0. The molecule has 4 amide bonds. The Bertz CT molecular complexity index is 1700. The molecule has 212 valence electrons. The highest BCUT2D eigenvalue weighted by molar-refractivity contribution is 9.11. The van der Waals surface area contributed by atoms with Crippen LogP contribution in [-0.2, 0) is 19.2 Å². The van der Waals surface area contributed by atoms with E-state index in [0.717, 1.165) is 19.0 Å². The van der Waals surface area contributed by atoms with Gasteiger partial charge in [0.05, 0.1) is 35.0 Å². The van der Waals surface area contributed by atoms with Crippen LogP contribution >= 0.6 is 47.8 Å². The van der Waals surface area contributed by atoms with Crippen molar-refractivity contribution in [2.24, 2.45) is 29.6 Å². The summed E-state index contributed by atoms with van der Waals surface area (Å²) in [5.74, 6) is -4.94. The van der Waals surface area contributed by atoms with E-state index in [1.54, 1.807) is 66.7 Å². The minimum absolute atomic E-state index is 0.0123. The summed E-state index contributed by atoms with van der Waals surface area (Å²) in [7, 11) is 0. The molecule has 0 radical (unpaired) electrons. The molecule has 2 aliphatic carbocycles. The van der Waals surface area contributed by atoms with Crippen LogP contribution in [0.1, 0.15) is 24.3 Å². The third kappa shape index (κ3) is 4.17. The molecule has 1 saturated carbocycles. The van der Waals surface area contributed by atoms with Crippen molar-refractivity contribution in [1.29, 1.82) is 0 Å². The maximum absolute atomic E-state index is 14.1. The van der Waals surface area contributed by atoms with Gasteiger partial charge in [-0.15, -0.1) is 0 Å². The number of carbonyl (C=O) groups excluding carboxylic acids is 4. The number of carbonyl (C=O) groups is 4. The fourth-order valence-electron chi connectivity index (χ4n) is 7.40. The lowest BCUT2D eigenvalue weighted by Crippen LogP contribution is -2.43. The van der Waals surface area contributed by atoms with Crippen molar-refractivity contribution in [1.82, 2.24) is 0 Å². The first kappa shape index (κ1) is 27.7. The van der Waals surface area contributed by atoms with E-state index in [1.165, 1.54) is 9.80 Å². The lowest BCUT2D eigenvalue weighted by atomic mass is 9.57. The Labute approximate surface area is 267 Å². The third-order valence-electron chi connectivity index (χ3n) is 9.14. The number of amides is 4. The predicted octanol–water partition coefficient (Wildman–Crippen LogP) is 6.72. The molecule has 0 unspecified atom stereocenters. The molecular weight excluding hydrogens is 732 g/mol. The largest absolute Gasteiger partial charge is 0.508 e. The van der Waals surface area contributed by atoms with Gasteiger partial charge < -0.3 is 5.11 Å². The quantitative estimate of drug-likeness (QED) is 0.237. The van der Waals surface area contributed by atoms with Crippen molar-refractivity contribution in [2.75, 3.05) is 9.80 Å². The number of rotatable bonds is 3. The van der Waals surface area contributed by atoms with E-state index in [9.17, 15) is 24.3 Å². The van der Waals surface area contributed by atoms with Crippen LogP contribution < -0.4 is 9.80 Å². The summed E-state index contributed by atoms with van der Waals surface area (Å²) < 4.78 is 2.38. The number of aromatic hydroxyl groups is 1. The summed E-state index contributed by atoms with van der Waals surface area (Å²) in [6.45, 7) is 0. The molecule has 0 spiro atoms. The van der Waals surface area contributed by atoms with Crippen LogP contribution in [-0.4, -0.2) is 28.7 Å². The lowest BCUT2D eigenvalue weighted by Gasteiger charge is -2.44. The number of halogens is 3. The van der Waals surface area contributed by atoms with Gasteiger partial charge in [0.2, 0.25) is 23.6 Å². The van der Waals surface area contributed by atoms with Crippen molar-refractivity contribution in [3.63, 3.8) is 0 Å². The molecule has 2 saturated heterocycles. The summed E-state index contributed by atoms with van der Waals surface area (Å²) in [4.78, 5) is 58.4. The number of fused-ring (bicyclic) bond motifs is 4. The van der Waals surface area contributed by atoms with E-state index in [2.05, 4.69) is 47.8 Å². The molecule has 1 N–H and O–H groups in total. The van der Waals surface area contributed by atoms with Crippen LogP contribution in [0.2, 0.25) is 0 Å². The van der Waals surface area contributed by atoms with Crippen LogP contribution in [0.4, 0.5) is 11.4 Å². The molecule has 0 bridgehead atoms. The zero-order valence-electron chi connectivity index (χ0n) is 21.9. The van der Waals surface area contributed by atoms with Gasteiger partial charge in [-0.25, -0.2) is 0 Å². The fraction of sp³-hybridized carbons (Fsp3) is 0.250. The first-order valence-electron chi connectivity index (χ1n) is 13.6. The Hall–Kier alpha value is -3.08. The summed E-state index contributed by atoms with van der Waals surface area (Å²) >= 11 is 10.3. The van der Waals surface area contributed by atoms with Crippen molar-refractivity contribution in [3.8, 4) is 5.75 Å². The molecule has 7 nitrogen and oxygen atoms in total. The lowest BCUT2D eigenvalue weighted by molar-refractivity contribution is -0.126. The molecule has 4 aliphatic rings. The van der Waals surface area contributed by atoms with Gasteiger partial charge in [-0.1, -0.05) is 59.4 Å². The second kappa shape index (κ2) is 10.3. The molecule has 6 atom stereocenters. The molecule has 3 aromatic rings. The molecule has 2 heterocycles. The second-order valence-corrected chi connectivity index (χ2v) is 14.0. The van der Waals surface area contributed by atoms with Crippen molar-refractivity contribution < 1.29 is 24.3 Å². The first-order chi connectivity index (χ1) is 20.2. The SMILES string of the molecule is O=C1[C@H]2[C@H](CC=C3[C@H]2C[C@H]2C(=O)N(c4ccc(Br)cc4)C(=O)[C@H]2[C@H]3c2cc(Br)ccc2O)C(=O)N1c1ccc(Br)cc1. The van der Waals surface area contributed by atoms with E-state index < -0.39 is 35.5 Å². The Balaban J connectivity index is 1.35. The van der Waals surface area contributed by atoms with E-state index >= 15 is 0 Å². The number of phenols is 1. The normalized spacial score (nSPS) is 28.5. The van der Waals surface area contributed by atoms with E-state index in [4.69, 9.17) is 0 Å². The Morgan fingerprint density at radius 3 is 1.74 bits per heavy atom. The molecule has 3 fully saturated rings. The zero-order valence-corrected chi connectivity index (χ0v) is 26.7. The second-order valence-electron chi connectivity index (χ2n) is 11.2. The summed E-state index contributed by atoms with van der Waals surface area (Å²) in [5.41, 5.74) is 2.34.